The number of aryl methyl sites for hydroxylation is 1. The van der Waals surface area contributed by atoms with Crippen molar-refractivity contribution in [2.45, 2.75) is 26.2 Å². The fourth-order valence-electron chi connectivity index (χ4n) is 1.39. The second-order valence-corrected chi connectivity index (χ2v) is 4.35. The van der Waals surface area contributed by atoms with E-state index in [9.17, 15) is 4.79 Å². The van der Waals surface area contributed by atoms with Gasteiger partial charge in [-0.2, -0.15) is 5.10 Å². The number of nitrogens with zero attached hydrogens (tertiary/aromatic N) is 2. The zero-order valence-corrected chi connectivity index (χ0v) is 10.7. The summed E-state index contributed by atoms with van der Waals surface area (Å²) in [5.41, 5.74) is 6.70. The summed E-state index contributed by atoms with van der Waals surface area (Å²) >= 11 is 0. The predicted octanol–water partition coefficient (Wildman–Crippen LogP) is 1.10. The number of ether oxygens (including phenoxy) is 1. The number of rotatable bonds is 4. The molecule has 5 heteroatoms. The molecule has 1 aromatic rings. The number of nitrogens with two attached hydrogens (primary N) is 1. The van der Waals surface area contributed by atoms with Gasteiger partial charge in [-0.1, -0.05) is 0 Å². The number of hydrogen-bond donors (Lipinski definition) is 1. The predicted molar refractivity (Wildman–Crippen MR) is 65.1 cm³/mol. The third-order valence-electron chi connectivity index (χ3n) is 2.64. The monoisotopic (exact) mass is 237 g/mol. The van der Waals surface area contributed by atoms with E-state index in [0.29, 0.717) is 12.3 Å². The maximum atomic E-state index is 11.3. The standard InChI is InChI=1S/C12H19N3O2/c1-5-17-11(16)8-9(13)12(2,3)10-6-7-15(4)14-10/h6-8H,5,13H2,1-4H3/b9-8+. The van der Waals surface area contributed by atoms with Crippen LogP contribution in [0.25, 0.3) is 0 Å². The summed E-state index contributed by atoms with van der Waals surface area (Å²) in [4.78, 5) is 11.3. The van der Waals surface area contributed by atoms with E-state index in [1.165, 1.54) is 6.08 Å². The van der Waals surface area contributed by atoms with E-state index >= 15 is 0 Å². The molecule has 0 saturated heterocycles. The molecule has 0 aliphatic rings. The van der Waals surface area contributed by atoms with E-state index < -0.39 is 11.4 Å². The molecule has 0 amide bonds. The van der Waals surface area contributed by atoms with Gasteiger partial charge in [-0.15, -0.1) is 0 Å². The summed E-state index contributed by atoms with van der Waals surface area (Å²) in [6, 6.07) is 1.88. The second-order valence-electron chi connectivity index (χ2n) is 4.35. The lowest BCUT2D eigenvalue weighted by molar-refractivity contribution is -0.137. The van der Waals surface area contributed by atoms with Crippen molar-refractivity contribution in [3.05, 3.63) is 29.7 Å². The van der Waals surface area contributed by atoms with Crippen LogP contribution in [0.15, 0.2) is 24.0 Å². The van der Waals surface area contributed by atoms with Gasteiger partial charge in [0.15, 0.2) is 0 Å². The number of allylic oxidation sites excluding steroid dienone is 1. The van der Waals surface area contributed by atoms with Crippen molar-refractivity contribution in [2.75, 3.05) is 6.61 Å². The van der Waals surface area contributed by atoms with Crippen molar-refractivity contribution in [1.82, 2.24) is 9.78 Å². The minimum absolute atomic E-state index is 0.340. The maximum absolute atomic E-state index is 11.3. The molecule has 5 nitrogen and oxygen atoms in total. The number of aromatic nitrogens is 2. The molecule has 0 aromatic carbocycles. The van der Waals surface area contributed by atoms with Crippen molar-refractivity contribution < 1.29 is 9.53 Å². The quantitative estimate of drug-likeness (QED) is 0.629. The summed E-state index contributed by atoms with van der Waals surface area (Å²) in [6.07, 6.45) is 3.16. The molecule has 0 radical (unpaired) electrons. The van der Waals surface area contributed by atoms with E-state index in [4.69, 9.17) is 10.5 Å². The van der Waals surface area contributed by atoms with Crippen LogP contribution in [0.4, 0.5) is 0 Å². The van der Waals surface area contributed by atoms with Crippen LogP contribution in [-0.2, 0) is 22.0 Å². The van der Waals surface area contributed by atoms with Crippen LogP contribution >= 0.6 is 0 Å². The molecule has 0 saturated carbocycles. The van der Waals surface area contributed by atoms with E-state index in [1.807, 2.05) is 33.2 Å². The van der Waals surface area contributed by atoms with Gasteiger partial charge in [0.25, 0.3) is 0 Å². The fraction of sp³-hybridized carbons (Fsp3) is 0.500. The average Bonchev–Trinajstić information content (AvgIpc) is 2.65. The molecule has 1 heterocycles. The molecule has 0 atom stereocenters. The Morgan fingerprint density at radius 3 is 2.76 bits per heavy atom. The van der Waals surface area contributed by atoms with Gasteiger partial charge in [0.2, 0.25) is 0 Å². The van der Waals surface area contributed by atoms with Gasteiger partial charge in [-0.25, -0.2) is 4.79 Å². The highest BCUT2D eigenvalue weighted by atomic mass is 16.5. The first kappa shape index (κ1) is 13.3. The van der Waals surface area contributed by atoms with Crippen LogP contribution < -0.4 is 5.73 Å². The normalized spacial score (nSPS) is 12.6. The Morgan fingerprint density at radius 2 is 2.29 bits per heavy atom. The number of esters is 1. The highest BCUT2D eigenvalue weighted by Gasteiger charge is 2.27. The lowest BCUT2D eigenvalue weighted by atomic mass is 9.85. The van der Waals surface area contributed by atoms with Crippen LogP contribution in [0.2, 0.25) is 0 Å². The molecule has 2 N–H and O–H groups in total. The zero-order chi connectivity index (χ0) is 13.1. The van der Waals surface area contributed by atoms with Crippen LogP contribution in [0.1, 0.15) is 26.5 Å². The molecule has 94 valence electrons. The van der Waals surface area contributed by atoms with Gasteiger partial charge in [0.05, 0.1) is 12.3 Å². The SMILES string of the molecule is CCOC(=O)/C=C(/N)C(C)(C)c1ccn(C)n1. The molecule has 17 heavy (non-hydrogen) atoms. The first-order chi connectivity index (χ1) is 7.87. The first-order valence-corrected chi connectivity index (χ1v) is 5.52. The van der Waals surface area contributed by atoms with Crippen molar-refractivity contribution >= 4 is 5.97 Å². The Kier molecular flexibility index (Phi) is 3.93. The molecule has 0 unspecified atom stereocenters. The minimum Gasteiger partial charge on any atom is -0.463 e. The second kappa shape index (κ2) is 5.03. The minimum atomic E-state index is -0.492. The van der Waals surface area contributed by atoms with Gasteiger partial charge < -0.3 is 10.5 Å². The molecule has 0 aliphatic carbocycles. The third-order valence-corrected chi connectivity index (χ3v) is 2.64. The lowest BCUT2D eigenvalue weighted by Crippen LogP contribution is -2.27. The Morgan fingerprint density at radius 1 is 1.65 bits per heavy atom. The molecule has 1 rings (SSSR count). The summed E-state index contributed by atoms with van der Waals surface area (Å²) in [5, 5.41) is 4.30. The third kappa shape index (κ3) is 3.09. The van der Waals surface area contributed by atoms with Crippen LogP contribution in [0.5, 0.6) is 0 Å². The summed E-state index contributed by atoms with van der Waals surface area (Å²) in [6.45, 7) is 5.93. The number of carbonyl (C=O) groups excluding carboxylic acids is 1. The number of hydrogen-bond acceptors (Lipinski definition) is 4. The smallest absolute Gasteiger partial charge is 0.332 e. The molecule has 0 bridgehead atoms. The average molecular weight is 237 g/mol. The molecular formula is C12H19N3O2. The van der Waals surface area contributed by atoms with Crippen LogP contribution in [0, 0.1) is 0 Å². The van der Waals surface area contributed by atoms with Gasteiger partial charge in [0.1, 0.15) is 0 Å². The molecule has 0 aliphatic heterocycles. The van der Waals surface area contributed by atoms with Crippen molar-refractivity contribution in [3.8, 4) is 0 Å². The largest absolute Gasteiger partial charge is 0.463 e. The topological polar surface area (TPSA) is 70.1 Å². The van der Waals surface area contributed by atoms with Crippen LogP contribution in [-0.4, -0.2) is 22.4 Å². The van der Waals surface area contributed by atoms with Crippen LogP contribution in [0.3, 0.4) is 0 Å². The van der Waals surface area contributed by atoms with E-state index in [-0.39, 0.29) is 0 Å². The Labute approximate surface area is 101 Å². The highest BCUT2D eigenvalue weighted by molar-refractivity contribution is 5.83. The summed E-state index contributed by atoms with van der Waals surface area (Å²) in [5.74, 6) is -0.422. The lowest BCUT2D eigenvalue weighted by Gasteiger charge is -2.22. The Hall–Kier alpha value is -1.78. The Bertz CT molecular complexity index is 433. The van der Waals surface area contributed by atoms with E-state index in [2.05, 4.69) is 5.10 Å². The number of carbonyl (C=O) groups is 1. The summed E-state index contributed by atoms with van der Waals surface area (Å²) in [7, 11) is 1.84. The fourth-order valence-corrected chi connectivity index (χ4v) is 1.39. The first-order valence-electron chi connectivity index (χ1n) is 5.52. The van der Waals surface area contributed by atoms with E-state index in [1.54, 1.807) is 11.6 Å². The highest BCUT2D eigenvalue weighted by Crippen LogP contribution is 2.26. The molecule has 1 aromatic heterocycles. The van der Waals surface area contributed by atoms with E-state index in [0.717, 1.165) is 5.69 Å². The van der Waals surface area contributed by atoms with Crippen molar-refractivity contribution in [3.63, 3.8) is 0 Å². The Balaban J connectivity index is 2.93. The zero-order valence-electron chi connectivity index (χ0n) is 10.7. The molecule has 0 spiro atoms. The van der Waals surface area contributed by atoms with Crippen molar-refractivity contribution in [1.29, 1.82) is 0 Å². The van der Waals surface area contributed by atoms with Gasteiger partial charge in [-0.05, 0) is 26.8 Å². The van der Waals surface area contributed by atoms with Crippen molar-refractivity contribution in [2.24, 2.45) is 12.8 Å². The maximum Gasteiger partial charge on any atom is 0.332 e. The summed E-state index contributed by atoms with van der Waals surface area (Å²) < 4.78 is 6.53. The molecular weight excluding hydrogens is 218 g/mol. The van der Waals surface area contributed by atoms with Gasteiger partial charge in [-0.3, -0.25) is 4.68 Å². The van der Waals surface area contributed by atoms with Gasteiger partial charge in [0, 0.05) is 30.4 Å². The van der Waals surface area contributed by atoms with Gasteiger partial charge >= 0.3 is 5.97 Å². The molecule has 0 fully saturated rings.